The van der Waals surface area contributed by atoms with Crippen LogP contribution in [0.4, 0.5) is 0 Å². The molecule has 3 saturated heterocycles. The van der Waals surface area contributed by atoms with Gasteiger partial charge in [-0.1, -0.05) is 50.5 Å². The van der Waals surface area contributed by atoms with Crippen LogP contribution < -0.4 is 0 Å². The van der Waals surface area contributed by atoms with E-state index in [0.29, 0.717) is 6.42 Å². The van der Waals surface area contributed by atoms with Crippen LogP contribution in [-0.2, 0) is 19.0 Å². The Balaban J connectivity index is 1.69. The summed E-state index contributed by atoms with van der Waals surface area (Å²) in [5.41, 5.74) is 0. The van der Waals surface area contributed by atoms with Crippen molar-refractivity contribution in [2.45, 2.75) is 95.4 Å². The first-order valence-electron chi connectivity index (χ1n) is 11.3. The number of hydrogen-bond acceptors (Lipinski definition) is 7. The molecule has 0 saturated carbocycles. The van der Waals surface area contributed by atoms with Crippen LogP contribution in [0.2, 0.25) is 0 Å². The van der Waals surface area contributed by atoms with Crippen molar-refractivity contribution >= 4 is 5.97 Å². The van der Waals surface area contributed by atoms with Gasteiger partial charge in [-0.2, -0.15) is 0 Å². The Morgan fingerprint density at radius 3 is 2.63 bits per heavy atom. The first kappa shape index (κ1) is 25.0. The van der Waals surface area contributed by atoms with Gasteiger partial charge in [0.05, 0.1) is 31.5 Å². The number of hydrogen-bond donors (Lipinski definition) is 3. The molecule has 2 bridgehead atoms. The standard InChI is InChI=1S/C23H38O7/c1-2-3-6-9-17(26)12-13-20-19(21-14-23(29-20)30-21)10-7-4-5-8-11-22(27)28-18(15-24)16-25/h4,7,12-13,17-21,23-26H,2-3,5-6,8-11,14-16H2,1H3/b7-4-,13-12+/t17-,19+,20?,21?,23?/m0/s1. The number of fused-ring (bicyclic) bond motifs is 2. The Morgan fingerprint density at radius 1 is 1.17 bits per heavy atom. The summed E-state index contributed by atoms with van der Waals surface area (Å²) in [5.74, 6) is -0.182. The van der Waals surface area contributed by atoms with Gasteiger partial charge < -0.3 is 29.5 Å². The smallest absolute Gasteiger partial charge is 0.306 e. The number of aliphatic hydroxyl groups is 3. The average molecular weight is 427 g/mol. The van der Waals surface area contributed by atoms with Gasteiger partial charge in [0, 0.05) is 18.8 Å². The summed E-state index contributed by atoms with van der Waals surface area (Å²) in [6, 6.07) is 0. The summed E-state index contributed by atoms with van der Waals surface area (Å²) in [5, 5.41) is 28.0. The Hall–Kier alpha value is -1.25. The molecule has 7 heteroatoms. The molecule has 0 radical (unpaired) electrons. The molecule has 0 aliphatic carbocycles. The van der Waals surface area contributed by atoms with E-state index in [-0.39, 0.29) is 44.1 Å². The second-order valence-corrected chi connectivity index (χ2v) is 8.13. The van der Waals surface area contributed by atoms with E-state index < -0.39 is 18.2 Å². The van der Waals surface area contributed by atoms with Crippen LogP contribution in [0.5, 0.6) is 0 Å². The van der Waals surface area contributed by atoms with Gasteiger partial charge in [-0.15, -0.1) is 0 Å². The Bertz CT molecular complexity index is 538. The molecule has 0 aromatic heterocycles. The van der Waals surface area contributed by atoms with E-state index in [4.69, 9.17) is 24.4 Å². The Labute approximate surface area is 179 Å². The highest BCUT2D eigenvalue weighted by molar-refractivity contribution is 5.69. The molecule has 0 aromatic carbocycles. The van der Waals surface area contributed by atoms with E-state index in [1.807, 2.05) is 18.2 Å². The molecular weight excluding hydrogens is 388 g/mol. The van der Waals surface area contributed by atoms with E-state index in [2.05, 4.69) is 13.0 Å². The van der Waals surface area contributed by atoms with Crippen LogP contribution in [0.15, 0.2) is 24.3 Å². The van der Waals surface area contributed by atoms with Crippen LogP contribution in [0, 0.1) is 5.92 Å². The van der Waals surface area contributed by atoms with Crippen molar-refractivity contribution in [3.8, 4) is 0 Å². The van der Waals surface area contributed by atoms with Gasteiger partial charge >= 0.3 is 5.97 Å². The highest BCUT2D eigenvalue weighted by Gasteiger charge is 2.46. The number of ether oxygens (including phenoxy) is 3. The van der Waals surface area contributed by atoms with Crippen molar-refractivity contribution in [2.24, 2.45) is 5.92 Å². The van der Waals surface area contributed by atoms with Gasteiger partial charge in [-0.05, 0) is 25.7 Å². The molecule has 7 nitrogen and oxygen atoms in total. The minimum Gasteiger partial charge on any atom is -0.457 e. The molecule has 3 rings (SSSR count). The maximum absolute atomic E-state index is 11.6. The number of rotatable bonds is 15. The normalized spacial score (nSPS) is 27.0. The SMILES string of the molecule is CCCCC[C@H](O)/C=C/C1OC2CC(O2)[C@@H]1C/C=C\CCCC(=O)OC(CO)CO. The first-order chi connectivity index (χ1) is 14.6. The van der Waals surface area contributed by atoms with E-state index in [0.717, 1.165) is 44.9 Å². The minimum atomic E-state index is -0.833. The quantitative estimate of drug-likeness (QED) is 0.210. The molecule has 3 aliphatic heterocycles. The summed E-state index contributed by atoms with van der Waals surface area (Å²) in [6.07, 6.45) is 14.3. The Kier molecular flexibility index (Phi) is 11.6. The van der Waals surface area contributed by atoms with Gasteiger partial charge in [0.15, 0.2) is 6.29 Å². The zero-order valence-electron chi connectivity index (χ0n) is 18.0. The molecular formula is C23H38O7. The molecule has 0 aromatic rings. The molecule has 5 atom stereocenters. The second kappa shape index (κ2) is 13.9. The summed E-state index contributed by atoms with van der Waals surface area (Å²) in [7, 11) is 0. The van der Waals surface area contributed by atoms with E-state index in [9.17, 15) is 9.90 Å². The third-order valence-electron chi connectivity index (χ3n) is 5.62. The largest absolute Gasteiger partial charge is 0.457 e. The molecule has 0 amide bonds. The summed E-state index contributed by atoms with van der Waals surface area (Å²) in [6.45, 7) is 1.40. The highest BCUT2D eigenvalue weighted by atomic mass is 16.7. The molecule has 3 unspecified atom stereocenters. The lowest BCUT2D eigenvalue weighted by molar-refractivity contribution is -0.337. The maximum atomic E-state index is 11.6. The Morgan fingerprint density at radius 2 is 1.93 bits per heavy atom. The van der Waals surface area contributed by atoms with Gasteiger partial charge in [-0.25, -0.2) is 0 Å². The zero-order chi connectivity index (χ0) is 21.8. The number of allylic oxidation sites excluding steroid dienone is 2. The van der Waals surface area contributed by atoms with E-state index in [1.54, 1.807) is 0 Å². The van der Waals surface area contributed by atoms with Crippen LogP contribution in [0.1, 0.15) is 64.7 Å². The maximum Gasteiger partial charge on any atom is 0.306 e. The topological polar surface area (TPSA) is 105 Å². The minimum absolute atomic E-state index is 0.0446. The van der Waals surface area contributed by atoms with Crippen molar-refractivity contribution in [1.82, 2.24) is 0 Å². The molecule has 3 heterocycles. The number of aliphatic hydroxyl groups excluding tert-OH is 3. The van der Waals surface area contributed by atoms with E-state index >= 15 is 0 Å². The van der Waals surface area contributed by atoms with Crippen molar-refractivity contribution in [1.29, 1.82) is 0 Å². The fourth-order valence-corrected chi connectivity index (χ4v) is 3.75. The molecule has 30 heavy (non-hydrogen) atoms. The van der Waals surface area contributed by atoms with Gasteiger partial charge in [0.2, 0.25) is 0 Å². The number of unbranched alkanes of at least 4 members (excludes halogenated alkanes) is 3. The third-order valence-corrected chi connectivity index (χ3v) is 5.62. The van der Waals surface area contributed by atoms with Crippen molar-refractivity contribution in [2.75, 3.05) is 13.2 Å². The molecule has 172 valence electrons. The zero-order valence-corrected chi connectivity index (χ0v) is 18.0. The predicted molar refractivity (Wildman–Crippen MR) is 113 cm³/mol. The third kappa shape index (κ3) is 8.47. The predicted octanol–water partition coefficient (Wildman–Crippen LogP) is 2.63. The highest BCUT2D eigenvalue weighted by Crippen LogP contribution is 2.40. The van der Waals surface area contributed by atoms with Crippen molar-refractivity contribution in [3.05, 3.63) is 24.3 Å². The van der Waals surface area contributed by atoms with Gasteiger partial charge in [-0.3, -0.25) is 4.79 Å². The van der Waals surface area contributed by atoms with Crippen LogP contribution in [0.25, 0.3) is 0 Å². The van der Waals surface area contributed by atoms with Crippen molar-refractivity contribution < 1.29 is 34.3 Å². The summed E-state index contributed by atoms with van der Waals surface area (Å²) < 4.78 is 16.6. The fraction of sp³-hybridized carbons (Fsp3) is 0.783. The number of carbonyl (C=O) groups excluding carboxylic acids is 1. The summed E-state index contributed by atoms with van der Waals surface area (Å²) in [4.78, 5) is 11.6. The molecule has 3 N–H and O–H groups in total. The monoisotopic (exact) mass is 426 g/mol. The summed E-state index contributed by atoms with van der Waals surface area (Å²) >= 11 is 0. The molecule has 0 spiro atoms. The number of esters is 1. The van der Waals surface area contributed by atoms with E-state index in [1.165, 1.54) is 0 Å². The van der Waals surface area contributed by atoms with Gasteiger partial charge in [0.1, 0.15) is 6.10 Å². The average Bonchev–Trinajstić information content (AvgIpc) is 2.72. The molecule has 3 aliphatic rings. The van der Waals surface area contributed by atoms with Gasteiger partial charge in [0.25, 0.3) is 0 Å². The fourth-order valence-electron chi connectivity index (χ4n) is 3.75. The van der Waals surface area contributed by atoms with Crippen LogP contribution in [-0.4, -0.2) is 65.2 Å². The lowest BCUT2D eigenvalue weighted by Gasteiger charge is -2.49. The first-order valence-corrected chi connectivity index (χ1v) is 11.3. The lowest BCUT2D eigenvalue weighted by atomic mass is 9.84. The molecule has 3 fully saturated rings. The van der Waals surface area contributed by atoms with Crippen LogP contribution in [0.3, 0.4) is 0 Å². The second-order valence-electron chi connectivity index (χ2n) is 8.13. The lowest BCUT2D eigenvalue weighted by Crippen LogP contribution is -2.55. The van der Waals surface area contributed by atoms with Crippen molar-refractivity contribution in [3.63, 3.8) is 0 Å². The number of carbonyl (C=O) groups is 1. The van der Waals surface area contributed by atoms with Crippen LogP contribution >= 0.6 is 0 Å².